The highest BCUT2D eigenvalue weighted by Gasteiger charge is 2.42. The topological polar surface area (TPSA) is 240 Å². The van der Waals surface area contributed by atoms with Gasteiger partial charge in [0.1, 0.15) is 23.6 Å². The summed E-state index contributed by atoms with van der Waals surface area (Å²) in [5, 5.41) is 52.4. The van der Waals surface area contributed by atoms with Crippen molar-refractivity contribution in [3.8, 4) is 69.3 Å². The number of amides is 4. The largest absolute Gasteiger partial charge is 0.490 e. The molecule has 18 heteroatoms. The molecule has 2 aliphatic heterocycles. The SMILES string of the molecule is CC(C)Oc1ccc(-c2nc(-c3cccc4c3CCC4NC(=O)N3CC(O)CC([n+]4oc(-c5ccc(OC(C)C)c(C#N)c5)nc4-c4cccc5c4CCC5NC(=O)N4CCCC(O)C4)C3)no2)cc1C#N. The molecule has 4 aliphatic rings. The fraction of sp³-hybridized carbons (Fsp3) is 0.407. The summed E-state index contributed by atoms with van der Waals surface area (Å²) in [7, 11) is 0. The van der Waals surface area contributed by atoms with Crippen LogP contribution in [0.1, 0.15) is 111 Å². The Morgan fingerprint density at radius 2 is 1.32 bits per heavy atom. The number of aliphatic hydroxyl groups excluding tert-OH is 2. The first-order valence-corrected chi connectivity index (χ1v) is 24.7. The van der Waals surface area contributed by atoms with Crippen LogP contribution in [0, 0.1) is 22.7 Å². The van der Waals surface area contributed by atoms with Gasteiger partial charge in [-0.3, -0.25) is 4.52 Å². The Morgan fingerprint density at radius 1 is 0.736 bits per heavy atom. The second kappa shape index (κ2) is 20.1. The van der Waals surface area contributed by atoms with Crippen molar-refractivity contribution in [2.24, 2.45) is 0 Å². The molecule has 4 N–H and O–H groups in total. The summed E-state index contributed by atoms with van der Waals surface area (Å²) in [4.78, 5) is 40.9. The molecule has 0 radical (unpaired) electrons. The predicted molar refractivity (Wildman–Crippen MR) is 261 cm³/mol. The van der Waals surface area contributed by atoms with E-state index < -0.39 is 18.2 Å². The molecule has 72 heavy (non-hydrogen) atoms. The van der Waals surface area contributed by atoms with Crippen molar-refractivity contribution in [2.75, 3.05) is 26.2 Å². The van der Waals surface area contributed by atoms with Crippen LogP contribution in [-0.2, 0) is 12.8 Å². The van der Waals surface area contributed by atoms with Gasteiger partial charge >= 0.3 is 23.8 Å². The van der Waals surface area contributed by atoms with E-state index >= 15 is 0 Å². The number of nitrogens with one attached hydrogen (secondary N) is 2. The van der Waals surface area contributed by atoms with E-state index in [0.717, 1.165) is 39.8 Å². The van der Waals surface area contributed by atoms with E-state index in [4.69, 9.17) is 28.5 Å². The molecule has 0 spiro atoms. The van der Waals surface area contributed by atoms with Crippen molar-refractivity contribution in [1.82, 2.24) is 35.6 Å². The van der Waals surface area contributed by atoms with Gasteiger partial charge in [0.15, 0.2) is 6.04 Å². The van der Waals surface area contributed by atoms with Gasteiger partial charge in [0.2, 0.25) is 5.82 Å². The van der Waals surface area contributed by atoms with Crippen LogP contribution in [0.2, 0.25) is 0 Å². The molecule has 2 saturated heterocycles. The highest BCUT2D eigenvalue weighted by Crippen LogP contribution is 2.40. The number of carbonyl (C=O) groups is 2. The summed E-state index contributed by atoms with van der Waals surface area (Å²) < 4.78 is 25.8. The lowest BCUT2D eigenvalue weighted by molar-refractivity contribution is -0.874. The third-order valence-electron chi connectivity index (χ3n) is 13.8. The van der Waals surface area contributed by atoms with Gasteiger partial charge in [-0.15, -0.1) is 0 Å². The Labute approximate surface area is 416 Å². The molecule has 6 aromatic rings. The molecule has 10 rings (SSSR count). The van der Waals surface area contributed by atoms with Crippen LogP contribution in [0.5, 0.6) is 11.5 Å². The third kappa shape index (κ3) is 9.67. The number of rotatable bonds is 11. The Balaban J connectivity index is 0.913. The van der Waals surface area contributed by atoms with Gasteiger partial charge in [-0.25, -0.2) is 9.59 Å². The van der Waals surface area contributed by atoms with Gasteiger partial charge in [-0.2, -0.15) is 15.5 Å². The zero-order valence-corrected chi connectivity index (χ0v) is 40.7. The average Bonchev–Trinajstić information content (AvgIpc) is 4.21. The van der Waals surface area contributed by atoms with E-state index in [9.17, 15) is 30.3 Å². The summed E-state index contributed by atoms with van der Waals surface area (Å²) in [6, 6.07) is 24.8. The van der Waals surface area contributed by atoms with E-state index in [1.807, 2.05) is 64.1 Å². The van der Waals surface area contributed by atoms with E-state index in [2.05, 4.69) is 27.9 Å². The number of likely N-dealkylation sites (tertiary alicyclic amines) is 2. The van der Waals surface area contributed by atoms with E-state index in [1.54, 1.807) is 50.9 Å². The van der Waals surface area contributed by atoms with Crippen LogP contribution in [0.3, 0.4) is 0 Å². The first kappa shape index (κ1) is 47.9. The fourth-order valence-corrected chi connectivity index (χ4v) is 10.5. The lowest BCUT2D eigenvalue weighted by atomic mass is 10.00. The molecule has 4 aromatic carbocycles. The molecule has 4 heterocycles. The molecule has 4 amide bonds. The van der Waals surface area contributed by atoms with E-state index in [-0.39, 0.29) is 67.6 Å². The number of ether oxygens (including phenoxy) is 2. The molecule has 2 aromatic heterocycles. The molecule has 0 bridgehead atoms. The summed E-state index contributed by atoms with van der Waals surface area (Å²) in [6.45, 7) is 8.75. The standard InChI is InChI=1S/C54H56N10O8/c1-30(2)69-47-19-13-32(22-34(47)25-55)51-59-49(61-71-51)43-11-5-9-41-39(43)15-17-45(41)58-54(68)63-27-36(24-38(66)29-63)64-50(60-52(72-64)33-14-20-48(70-31(3)4)35(23-33)26-56)44-12-6-10-42-40(44)16-18-46(42)57-53(67)62-21-7-8-37(65)28-62/h5-6,9-14,19-20,22-23,30-31,36-38,45-46,65-66H,7-8,15-18,21,24,27-29H2,1-4H3,(H-,57,58,67,68)/p+1. The molecule has 370 valence electrons. The number of benzene rings is 4. The number of fused-ring (bicyclic) bond motifs is 2. The number of urea groups is 2. The van der Waals surface area contributed by atoms with Crippen LogP contribution < -0.4 is 24.8 Å². The van der Waals surface area contributed by atoms with Crippen LogP contribution in [0.4, 0.5) is 9.59 Å². The summed E-state index contributed by atoms with van der Waals surface area (Å²) in [5.41, 5.74) is 7.26. The number of nitriles is 2. The minimum absolute atomic E-state index is 0.0981. The maximum atomic E-state index is 14.4. The maximum absolute atomic E-state index is 14.4. The van der Waals surface area contributed by atoms with Crippen molar-refractivity contribution in [1.29, 1.82) is 10.5 Å². The van der Waals surface area contributed by atoms with Crippen molar-refractivity contribution in [3.05, 3.63) is 106 Å². The number of hydrogen-bond acceptors (Lipinski definition) is 13. The van der Waals surface area contributed by atoms with E-state index in [1.165, 1.54) is 0 Å². The van der Waals surface area contributed by atoms with Gasteiger partial charge in [0, 0.05) is 42.2 Å². The normalized spacial score (nSPS) is 20.4. The van der Waals surface area contributed by atoms with Crippen molar-refractivity contribution < 1.29 is 43.1 Å². The monoisotopic (exact) mass is 973 g/mol. The van der Waals surface area contributed by atoms with Gasteiger partial charge in [-0.05, 0) is 131 Å². The quantitative estimate of drug-likeness (QED) is 0.0922. The van der Waals surface area contributed by atoms with Crippen molar-refractivity contribution in [3.63, 3.8) is 0 Å². The summed E-state index contributed by atoms with van der Waals surface area (Å²) in [6.07, 6.45) is 2.59. The first-order chi connectivity index (χ1) is 34.8. The molecule has 0 saturated carbocycles. The Morgan fingerprint density at radius 3 is 1.93 bits per heavy atom. The highest BCUT2D eigenvalue weighted by molar-refractivity contribution is 5.77. The van der Waals surface area contributed by atoms with Gasteiger partial charge < -0.3 is 44.6 Å². The van der Waals surface area contributed by atoms with Crippen LogP contribution in [0.25, 0.3) is 45.7 Å². The number of aliphatic hydroxyl groups is 2. The van der Waals surface area contributed by atoms with E-state index in [0.29, 0.717) is 90.6 Å². The number of nitrogens with zero attached hydrogens (tertiary/aromatic N) is 8. The van der Waals surface area contributed by atoms with Crippen molar-refractivity contribution in [2.45, 2.75) is 115 Å². The van der Waals surface area contributed by atoms with Crippen LogP contribution >= 0.6 is 0 Å². The van der Waals surface area contributed by atoms with Crippen LogP contribution in [-0.4, -0.2) is 97.8 Å². The zero-order valence-electron chi connectivity index (χ0n) is 40.7. The maximum Gasteiger partial charge on any atom is 0.384 e. The summed E-state index contributed by atoms with van der Waals surface area (Å²) >= 11 is 0. The van der Waals surface area contributed by atoms with Gasteiger partial charge in [-0.1, -0.05) is 40.2 Å². The number of piperidine rings is 2. The fourth-order valence-electron chi connectivity index (χ4n) is 10.5. The smallest absolute Gasteiger partial charge is 0.384 e. The lowest BCUT2D eigenvalue weighted by Gasteiger charge is -2.34. The molecule has 5 unspecified atom stereocenters. The van der Waals surface area contributed by atoms with Crippen molar-refractivity contribution >= 4 is 12.1 Å². The minimum atomic E-state index is -0.895. The van der Waals surface area contributed by atoms with Gasteiger partial charge in [0.05, 0.1) is 65.3 Å². The Kier molecular flexibility index (Phi) is 13.4. The molecule has 18 nitrogen and oxygen atoms in total. The molecular formula is C54H57N10O8+. The molecule has 5 atom stereocenters. The summed E-state index contributed by atoms with van der Waals surface area (Å²) in [5.74, 6) is 2.30. The number of carbonyl (C=O) groups excluding carboxylic acids is 2. The van der Waals surface area contributed by atoms with Crippen LogP contribution in [0.15, 0.2) is 81.8 Å². The van der Waals surface area contributed by atoms with Gasteiger partial charge in [0.25, 0.3) is 5.89 Å². The molecule has 2 fully saturated rings. The lowest BCUT2D eigenvalue weighted by Crippen LogP contribution is -2.56. The number of hydrogen-bond donors (Lipinski definition) is 4. The molecule has 2 aliphatic carbocycles. The zero-order chi connectivity index (χ0) is 50.2. The highest BCUT2D eigenvalue weighted by atomic mass is 16.5. The average molecular weight is 974 g/mol. The number of β-amino-alcohol motifs (C(OH)–C–C–N with tert-alkyl or cyclic N) is 2. The third-order valence-corrected chi connectivity index (χ3v) is 13.8. The Hall–Kier alpha value is -7.80. The molecular weight excluding hydrogens is 917 g/mol. The predicted octanol–water partition coefficient (Wildman–Crippen LogP) is 7.49. The first-order valence-electron chi connectivity index (χ1n) is 24.7. The number of aromatic nitrogens is 4. The minimum Gasteiger partial charge on any atom is -0.490 e. The Bertz CT molecular complexity index is 3120. The second-order valence-electron chi connectivity index (χ2n) is 19.6. The second-order valence-corrected chi connectivity index (χ2v) is 19.6.